The predicted molar refractivity (Wildman–Crippen MR) is 75.3 cm³/mol. The van der Waals surface area contributed by atoms with E-state index in [4.69, 9.17) is 23.2 Å². The van der Waals surface area contributed by atoms with E-state index >= 15 is 0 Å². The monoisotopic (exact) mass is 296 g/mol. The Hall–Kier alpha value is -1.10. The van der Waals surface area contributed by atoms with Crippen molar-refractivity contribution < 1.29 is 0 Å². The van der Waals surface area contributed by atoms with Gasteiger partial charge in [-0.05, 0) is 24.6 Å². The Morgan fingerprint density at radius 1 is 1.16 bits per heavy atom. The lowest BCUT2D eigenvalue weighted by molar-refractivity contribution is 0.208. The van der Waals surface area contributed by atoms with Gasteiger partial charge >= 0.3 is 0 Å². The highest BCUT2D eigenvalue weighted by Crippen LogP contribution is 2.24. The molecule has 3 rings (SSSR count). The largest absolute Gasteiger partial charge is 0.313 e. The van der Waals surface area contributed by atoms with Gasteiger partial charge in [-0.3, -0.25) is 4.90 Å². The summed E-state index contributed by atoms with van der Waals surface area (Å²) in [6.45, 7) is 5.59. The minimum absolute atomic E-state index is 0.597. The van der Waals surface area contributed by atoms with Crippen LogP contribution >= 0.6 is 23.2 Å². The number of benzene rings is 1. The van der Waals surface area contributed by atoms with E-state index in [9.17, 15) is 0 Å². The Balaban J connectivity index is 1.73. The fraction of sp³-hybridized carbons (Fsp3) is 0.385. The first-order chi connectivity index (χ1) is 9.13. The van der Waals surface area contributed by atoms with Crippen LogP contribution in [-0.4, -0.2) is 26.2 Å². The van der Waals surface area contributed by atoms with Gasteiger partial charge in [-0.15, -0.1) is 10.2 Å². The Labute approximate surface area is 122 Å². The number of rotatable bonds is 2. The van der Waals surface area contributed by atoms with Crippen molar-refractivity contribution in [2.45, 2.75) is 26.6 Å². The van der Waals surface area contributed by atoms with E-state index in [-0.39, 0.29) is 0 Å². The molecule has 1 aromatic heterocycles. The molecule has 19 heavy (non-hydrogen) atoms. The Morgan fingerprint density at radius 3 is 2.79 bits per heavy atom. The van der Waals surface area contributed by atoms with E-state index < -0.39 is 0 Å². The van der Waals surface area contributed by atoms with E-state index in [2.05, 4.69) is 19.7 Å². The molecule has 2 heterocycles. The molecule has 0 spiro atoms. The number of hydrogen-bond donors (Lipinski definition) is 0. The van der Waals surface area contributed by atoms with Crippen LogP contribution in [0.4, 0.5) is 0 Å². The number of halogens is 2. The normalized spacial score (nSPS) is 15.5. The third-order valence-electron chi connectivity index (χ3n) is 3.41. The topological polar surface area (TPSA) is 34.0 Å². The zero-order chi connectivity index (χ0) is 13.4. The van der Waals surface area contributed by atoms with Crippen molar-refractivity contribution in [3.63, 3.8) is 0 Å². The van der Waals surface area contributed by atoms with Gasteiger partial charge in [-0.2, -0.15) is 0 Å². The summed E-state index contributed by atoms with van der Waals surface area (Å²) < 4.78 is 2.17. The Morgan fingerprint density at radius 2 is 2.00 bits per heavy atom. The number of hydrogen-bond acceptors (Lipinski definition) is 3. The second kappa shape index (κ2) is 5.12. The highest BCUT2D eigenvalue weighted by Gasteiger charge is 2.19. The lowest BCUT2D eigenvalue weighted by atomic mass is 10.2. The molecule has 2 aromatic rings. The van der Waals surface area contributed by atoms with Crippen LogP contribution in [0.3, 0.4) is 0 Å². The van der Waals surface area contributed by atoms with Crippen LogP contribution in [-0.2, 0) is 19.6 Å². The van der Waals surface area contributed by atoms with Crippen LogP contribution in [0, 0.1) is 6.92 Å². The van der Waals surface area contributed by atoms with E-state index in [0.29, 0.717) is 10.0 Å². The Kier molecular flexibility index (Phi) is 3.48. The molecule has 1 aliphatic rings. The van der Waals surface area contributed by atoms with Crippen molar-refractivity contribution in [3.05, 3.63) is 45.5 Å². The summed E-state index contributed by atoms with van der Waals surface area (Å²) in [5.41, 5.74) is 1.17. The minimum Gasteiger partial charge on any atom is -0.313 e. The molecule has 0 aliphatic carbocycles. The standard InChI is InChI=1S/C13H14Cl2N4/c1-9-16-17-13-8-18(4-5-19(9)13)7-10-2-3-11(14)12(15)6-10/h2-3,6H,4-5,7-8H2,1H3. The van der Waals surface area contributed by atoms with E-state index in [0.717, 1.165) is 37.8 Å². The summed E-state index contributed by atoms with van der Waals surface area (Å²) in [5.74, 6) is 2.02. The van der Waals surface area contributed by atoms with Crippen molar-refractivity contribution in [3.8, 4) is 0 Å². The van der Waals surface area contributed by atoms with E-state index in [1.165, 1.54) is 5.56 Å². The quantitative estimate of drug-likeness (QED) is 0.854. The first-order valence-corrected chi connectivity index (χ1v) is 6.94. The summed E-state index contributed by atoms with van der Waals surface area (Å²) in [4.78, 5) is 2.34. The van der Waals surface area contributed by atoms with Gasteiger partial charge < -0.3 is 4.57 Å². The highest BCUT2D eigenvalue weighted by atomic mass is 35.5. The molecule has 0 fully saturated rings. The average Bonchev–Trinajstić information content (AvgIpc) is 2.75. The fourth-order valence-corrected chi connectivity index (χ4v) is 2.70. The lowest BCUT2D eigenvalue weighted by Crippen LogP contribution is -2.33. The summed E-state index contributed by atoms with van der Waals surface area (Å²) in [7, 11) is 0. The van der Waals surface area contributed by atoms with Crippen LogP contribution in [0.25, 0.3) is 0 Å². The number of aromatic nitrogens is 3. The first-order valence-electron chi connectivity index (χ1n) is 6.18. The molecule has 1 aliphatic heterocycles. The van der Waals surface area contributed by atoms with Gasteiger partial charge in [0.2, 0.25) is 0 Å². The van der Waals surface area contributed by atoms with E-state index in [1.807, 2.05) is 25.1 Å². The molecule has 100 valence electrons. The molecule has 0 N–H and O–H groups in total. The van der Waals surface area contributed by atoms with Crippen LogP contribution in [0.2, 0.25) is 10.0 Å². The molecule has 0 amide bonds. The number of aryl methyl sites for hydroxylation is 1. The molecule has 0 atom stereocenters. The van der Waals surface area contributed by atoms with Gasteiger partial charge in [0.1, 0.15) is 11.6 Å². The number of nitrogens with zero attached hydrogens (tertiary/aromatic N) is 4. The molecule has 0 radical (unpaired) electrons. The summed E-state index contributed by atoms with van der Waals surface area (Å²) in [6, 6.07) is 5.78. The maximum absolute atomic E-state index is 6.04. The van der Waals surface area contributed by atoms with Crippen molar-refractivity contribution >= 4 is 23.2 Å². The lowest BCUT2D eigenvalue weighted by Gasteiger charge is -2.27. The maximum atomic E-state index is 6.04. The van der Waals surface area contributed by atoms with Gasteiger partial charge in [-0.1, -0.05) is 29.3 Å². The zero-order valence-electron chi connectivity index (χ0n) is 10.6. The smallest absolute Gasteiger partial charge is 0.147 e. The van der Waals surface area contributed by atoms with Gasteiger partial charge in [0.25, 0.3) is 0 Å². The van der Waals surface area contributed by atoms with Crippen molar-refractivity contribution in [2.75, 3.05) is 6.54 Å². The molecule has 0 unspecified atom stereocenters. The summed E-state index contributed by atoms with van der Waals surface area (Å²) >= 11 is 12.0. The maximum Gasteiger partial charge on any atom is 0.147 e. The molecule has 0 saturated heterocycles. The fourth-order valence-electron chi connectivity index (χ4n) is 2.38. The molecular formula is C13H14Cl2N4. The van der Waals surface area contributed by atoms with Crippen LogP contribution in [0.1, 0.15) is 17.2 Å². The second-order valence-corrected chi connectivity index (χ2v) is 5.59. The predicted octanol–water partition coefficient (Wildman–Crippen LogP) is 2.91. The molecule has 4 nitrogen and oxygen atoms in total. The Bertz CT molecular complexity index is 609. The van der Waals surface area contributed by atoms with Gasteiger partial charge in [0, 0.05) is 19.6 Å². The van der Waals surface area contributed by atoms with E-state index in [1.54, 1.807) is 0 Å². The van der Waals surface area contributed by atoms with Gasteiger partial charge in [-0.25, -0.2) is 0 Å². The van der Waals surface area contributed by atoms with Crippen molar-refractivity contribution in [1.29, 1.82) is 0 Å². The first kappa shape index (κ1) is 12.9. The van der Waals surface area contributed by atoms with Crippen molar-refractivity contribution in [2.24, 2.45) is 0 Å². The molecule has 0 saturated carbocycles. The van der Waals surface area contributed by atoms with Crippen molar-refractivity contribution in [1.82, 2.24) is 19.7 Å². The van der Waals surface area contributed by atoms with Crippen LogP contribution in [0.5, 0.6) is 0 Å². The van der Waals surface area contributed by atoms with Gasteiger partial charge in [0.15, 0.2) is 0 Å². The molecule has 0 bridgehead atoms. The minimum atomic E-state index is 0.597. The van der Waals surface area contributed by atoms with Crippen LogP contribution in [0.15, 0.2) is 18.2 Å². The zero-order valence-corrected chi connectivity index (χ0v) is 12.1. The van der Waals surface area contributed by atoms with Gasteiger partial charge in [0.05, 0.1) is 16.6 Å². The molecule has 6 heteroatoms. The summed E-state index contributed by atoms with van der Waals surface area (Å²) in [6.07, 6.45) is 0. The highest BCUT2D eigenvalue weighted by molar-refractivity contribution is 6.42. The second-order valence-electron chi connectivity index (χ2n) is 4.77. The SMILES string of the molecule is Cc1nnc2n1CCN(Cc1ccc(Cl)c(Cl)c1)C2. The molecular weight excluding hydrogens is 283 g/mol. The average molecular weight is 297 g/mol. The number of fused-ring (bicyclic) bond motifs is 1. The third-order valence-corrected chi connectivity index (χ3v) is 4.15. The third kappa shape index (κ3) is 2.61. The van der Waals surface area contributed by atoms with Crippen LogP contribution < -0.4 is 0 Å². The molecule has 1 aromatic carbocycles. The summed E-state index contributed by atoms with van der Waals surface area (Å²) in [5, 5.41) is 9.52.